The molecule has 2 atom stereocenters. The van der Waals surface area contributed by atoms with Gasteiger partial charge in [0.15, 0.2) is 0 Å². The number of nitrogens with two attached hydrogens (primary N) is 1. The van der Waals surface area contributed by atoms with Crippen molar-refractivity contribution in [3.8, 4) is 0 Å². The van der Waals surface area contributed by atoms with Gasteiger partial charge >= 0.3 is 0 Å². The van der Waals surface area contributed by atoms with Gasteiger partial charge in [0.1, 0.15) is 9.84 Å². The van der Waals surface area contributed by atoms with Crippen molar-refractivity contribution in [2.75, 3.05) is 25.2 Å². The van der Waals surface area contributed by atoms with Gasteiger partial charge in [-0.05, 0) is 31.6 Å². The van der Waals surface area contributed by atoms with Crippen molar-refractivity contribution in [3.05, 3.63) is 0 Å². The van der Waals surface area contributed by atoms with E-state index < -0.39 is 9.84 Å². The van der Waals surface area contributed by atoms with Crippen molar-refractivity contribution in [2.45, 2.75) is 31.7 Å². The summed E-state index contributed by atoms with van der Waals surface area (Å²) in [5.41, 5.74) is 5.93. The van der Waals surface area contributed by atoms with E-state index in [1.165, 1.54) is 6.26 Å². The quantitative estimate of drug-likeness (QED) is 0.730. The first-order valence-corrected chi connectivity index (χ1v) is 7.54. The molecule has 0 aromatic rings. The van der Waals surface area contributed by atoms with Crippen molar-refractivity contribution in [1.82, 2.24) is 0 Å². The van der Waals surface area contributed by atoms with E-state index in [4.69, 9.17) is 10.5 Å². The van der Waals surface area contributed by atoms with Crippen molar-refractivity contribution in [1.29, 1.82) is 0 Å². The Labute approximate surface area is 92.1 Å². The molecule has 15 heavy (non-hydrogen) atoms. The van der Waals surface area contributed by atoms with E-state index in [1.807, 2.05) is 0 Å². The summed E-state index contributed by atoms with van der Waals surface area (Å²) in [4.78, 5) is 0. The predicted octanol–water partition coefficient (Wildman–Crippen LogP) is 0.565. The minimum atomic E-state index is -2.83. The second-order valence-electron chi connectivity index (χ2n) is 4.50. The minimum absolute atomic E-state index is 0.124. The van der Waals surface area contributed by atoms with E-state index >= 15 is 0 Å². The number of hydrogen-bond donors (Lipinski definition) is 1. The molecule has 2 N–H and O–H groups in total. The van der Waals surface area contributed by atoms with E-state index in [0.29, 0.717) is 12.3 Å². The zero-order valence-corrected chi connectivity index (χ0v) is 10.1. The summed E-state index contributed by atoms with van der Waals surface area (Å²) in [6.07, 6.45) is 4.80. The fraction of sp³-hybridized carbons (Fsp3) is 1.00. The van der Waals surface area contributed by atoms with Crippen LogP contribution in [0, 0.1) is 5.92 Å². The normalized spacial score (nSPS) is 24.3. The highest BCUT2D eigenvalue weighted by Gasteiger charge is 2.18. The van der Waals surface area contributed by atoms with Crippen LogP contribution in [0.25, 0.3) is 0 Å². The molecule has 0 aromatic heterocycles. The number of ether oxygens (including phenoxy) is 1. The third-order valence-corrected chi connectivity index (χ3v) is 3.78. The molecule has 0 amide bonds. The molecule has 1 aliphatic rings. The van der Waals surface area contributed by atoms with Gasteiger partial charge in [0, 0.05) is 31.3 Å². The lowest BCUT2D eigenvalue weighted by Crippen LogP contribution is -2.24. The van der Waals surface area contributed by atoms with E-state index in [-0.39, 0.29) is 11.8 Å². The molecule has 1 aliphatic heterocycles. The van der Waals surface area contributed by atoms with Gasteiger partial charge in [-0.1, -0.05) is 0 Å². The van der Waals surface area contributed by atoms with E-state index in [9.17, 15) is 8.42 Å². The molecule has 1 heterocycles. The molecule has 0 aliphatic carbocycles. The second-order valence-corrected chi connectivity index (χ2v) is 6.76. The summed E-state index contributed by atoms with van der Waals surface area (Å²) in [7, 11) is -2.83. The highest BCUT2D eigenvalue weighted by molar-refractivity contribution is 7.90. The molecule has 1 saturated heterocycles. The Bertz CT molecular complexity index is 270. The third kappa shape index (κ3) is 6.12. The lowest BCUT2D eigenvalue weighted by atomic mass is 9.97. The molecule has 1 fully saturated rings. The fourth-order valence-electron chi connectivity index (χ4n) is 1.92. The summed E-state index contributed by atoms with van der Waals surface area (Å²) in [6.45, 7) is 1.67. The van der Waals surface area contributed by atoms with Gasteiger partial charge in [-0.15, -0.1) is 0 Å². The van der Waals surface area contributed by atoms with Crippen LogP contribution >= 0.6 is 0 Å². The van der Waals surface area contributed by atoms with Crippen LogP contribution in [0.2, 0.25) is 0 Å². The summed E-state index contributed by atoms with van der Waals surface area (Å²) in [6, 6.07) is 0.124. The molecule has 2 unspecified atom stereocenters. The summed E-state index contributed by atoms with van der Waals surface area (Å²) in [5.74, 6) is 0.834. The van der Waals surface area contributed by atoms with Crippen molar-refractivity contribution < 1.29 is 13.2 Å². The molecule has 0 radical (unpaired) electrons. The maximum atomic E-state index is 10.9. The van der Waals surface area contributed by atoms with Crippen LogP contribution in [0.4, 0.5) is 0 Å². The summed E-state index contributed by atoms with van der Waals surface area (Å²) >= 11 is 0. The Hall–Kier alpha value is -0.130. The van der Waals surface area contributed by atoms with Crippen molar-refractivity contribution in [2.24, 2.45) is 11.7 Å². The smallest absolute Gasteiger partial charge is 0.147 e. The first-order chi connectivity index (χ1) is 6.97. The minimum Gasteiger partial charge on any atom is -0.381 e. The molecule has 0 saturated carbocycles. The largest absolute Gasteiger partial charge is 0.381 e. The van der Waals surface area contributed by atoms with E-state index in [2.05, 4.69) is 0 Å². The van der Waals surface area contributed by atoms with Crippen LogP contribution in [-0.4, -0.2) is 39.7 Å². The molecular weight excluding hydrogens is 214 g/mol. The topological polar surface area (TPSA) is 69.4 Å². The zero-order valence-electron chi connectivity index (χ0n) is 9.31. The molecule has 90 valence electrons. The van der Waals surface area contributed by atoms with Crippen LogP contribution in [0.3, 0.4) is 0 Å². The zero-order chi connectivity index (χ0) is 11.3. The predicted molar refractivity (Wildman–Crippen MR) is 60.5 cm³/mol. The van der Waals surface area contributed by atoms with Gasteiger partial charge in [0.2, 0.25) is 0 Å². The maximum absolute atomic E-state index is 10.9. The number of hydrogen-bond acceptors (Lipinski definition) is 4. The Morgan fingerprint density at radius 2 is 2.27 bits per heavy atom. The Morgan fingerprint density at radius 1 is 1.53 bits per heavy atom. The van der Waals surface area contributed by atoms with Crippen LogP contribution in [0.15, 0.2) is 0 Å². The molecule has 0 aromatic carbocycles. The van der Waals surface area contributed by atoms with E-state index in [1.54, 1.807) is 0 Å². The number of rotatable bonds is 6. The summed E-state index contributed by atoms with van der Waals surface area (Å²) in [5, 5.41) is 0. The average molecular weight is 235 g/mol. The highest BCUT2D eigenvalue weighted by Crippen LogP contribution is 2.19. The average Bonchev–Trinajstić information content (AvgIpc) is 2.54. The van der Waals surface area contributed by atoms with Gasteiger partial charge in [0.05, 0.1) is 0 Å². The van der Waals surface area contributed by atoms with Crippen LogP contribution < -0.4 is 5.73 Å². The fourth-order valence-corrected chi connectivity index (χ4v) is 2.61. The molecular formula is C10H21NO3S. The monoisotopic (exact) mass is 235 g/mol. The third-order valence-electron chi connectivity index (χ3n) is 2.75. The van der Waals surface area contributed by atoms with Crippen LogP contribution in [0.1, 0.15) is 25.7 Å². The Balaban J connectivity index is 2.10. The molecule has 0 bridgehead atoms. The highest BCUT2D eigenvalue weighted by atomic mass is 32.2. The molecule has 0 spiro atoms. The Morgan fingerprint density at radius 3 is 2.80 bits per heavy atom. The first-order valence-electron chi connectivity index (χ1n) is 5.48. The standard InChI is InChI=1S/C10H21NO3S/c1-15(12,13)6-2-3-10(11)7-9-4-5-14-8-9/h9-10H,2-8,11H2,1H3. The molecule has 5 heteroatoms. The van der Waals surface area contributed by atoms with Crippen molar-refractivity contribution >= 4 is 9.84 Å². The van der Waals surface area contributed by atoms with Crippen molar-refractivity contribution in [3.63, 3.8) is 0 Å². The lowest BCUT2D eigenvalue weighted by Gasteiger charge is -2.14. The van der Waals surface area contributed by atoms with Gasteiger partial charge < -0.3 is 10.5 Å². The van der Waals surface area contributed by atoms with Gasteiger partial charge in [-0.2, -0.15) is 0 Å². The number of sulfone groups is 1. The lowest BCUT2D eigenvalue weighted by molar-refractivity contribution is 0.182. The second kappa shape index (κ2) is 5.82. The van der Waals surface area contributed by atoms with Crippen LogP contribution in [0.5, 0.6) is 0 Å². The molecule has 4 nitrogen and oxygen atoms in total. The SMILES string of the molecule is CS(=O)(=O)CCCC(N)CC1CCOC1. The Kier molecular flexibility index (Phi) is 5.02. The van der Waals surface area contributed by atoms with Gasteiger partial charge in [-0.25, -0.2) is 8.42 Å². The van der Waals surface area contributed by atoms with Crippen LogP contribution in [-0.2, 0) is 14.6 Å². The summed E-state index contributed by atoms with van der Waals surface area (Å²) < 4.78 is 27.1. The van der Waals surface area contributed by atoms with E-state index in [0.717, 1.165) is 32.5 Å². The molecule has 1 rings (SSSR count). The first kappa shape index (κ1) is 12.9. The maximum Gasteiger partial charge on any atom is 0.147 e. The van der Waals surface area contributed by atoms with Gasteiger partial charge in [0.25, 0.3) is 0 Å². The van der Waals surface area contributed by atoms with Gasteiger partial charge in [-0.3, -0.25) is 0 Å².